The molecule has 0 saturated heterocycles. The summed E-state index contributed by atoms with van der Waals surface area (Å²) in [5.41, 5.74) is 6.33. The average Bonchev–Trinajstić information content (AvgIpc) is 2.28. The van der Waals surface area contributed by atoms with E-state index in [2.05, 4.69) is 11.8 Å². The van der Waals surface area contributed by atoms with Gasteiger partial charge in [0.2, 0.25) is 0 Å². The summed E-state index contributed by atoms with van der Waals surface area (Å²) < 4.78 is 26.5. The van der Waals surface area contributed by atoms with E-state index in [1.807, 2.05) is 13.3 Å². The van der Waals surface area contributed by atoms with Crippen LogP contribution in [0.4, 0.5) is 8.78 Å². The predicted octanol–water partition coefficient (Wildman–Crippen LogP) is 2.65. The Bertz CT molecular complexity index is 367. The highest BCUT2D eigenvalue weighted by Crippen LogP contribution is 2.23. The van der Waals surface area contributed by atoms with E-state index in [4.69, 9.17) is 5.73 Å². The lowest BCUT2D eigenvalue weighted by atomic mass is 10.0. The van der Waals surface area contributed by atoms with Gasteiger partial charge in [-0.1, -0.05) is 0 Å². The summed E-state index contributed by atoms with van der Waals surface area (Å²) in [6.07, 6.45) is 2.03. The van der Waals surface area contributed by atoms with Crippen LogP contribution in [0.1, 0.15) is 18.5 Å². The first-order chi connectivity index (χ1) is 8.49. The van der Waals surface area contributed by atoms with Crippen LogP contribution in [0, 0.1) is 11.6 Å². The zero-order chi connectivity index (χ0) is 13.7. The lowest BCUT2D eigenvalue weighted by Crippen LogP contribution is -2.38. The second-order valence-corrected chi connectivity index (χ2v) is 5.33. The molecule has 0 aromatic heterocycles. The fourth-order valence-corrected chi connectivity index (χ4v) is 2.69. The highest BCUT2D eigenvalue weighted by atomic mass is 32.2. The van der Waals surface area contributed by atoms with E-state index < -0.39 is 11.6 Å². The molecule has 0 aliphatic carbocycles. The maximum Gasteiger partial charge on any atom is 0.126 e. The molecule has 0 heterocycles. The number of likely N-dealkylation sites (N-methyl/N-ethyl adjacent to an activating group) is 1. The predicted molar refractivity (Wildman–Crippen MR) is 73.8 cm³/mol. The van der Waals surface area contributed by atoms with Crippen LogP contribution >= 0.6 is 11.8 Å². The van der Waals surface area contributed by atoms with E-state index in [1.54, 1.807) is 11.8 Å². The van der Waals surface area contributed by atoms with Crippen molar-refractivity contribution in [1.29, 1.82) is 0 Å². The summed E-state index contributed by atoms with van der Waals surface area (Å²) in [4.78, 5) is 2.06. The summed E-state index contributed by atoms with van der Waals surface area (Å²) in [5.74, 6) is -0.172. The van der Waals surface area contributed by atoms with Crippen LogP contribution in [0.2, 0.25) is 0 Å². The van der Waals surface area contributed by atoms with E-state index in [1.165, 1.54) is 12.1 Å². The molecule has 0 radical (unpaired) electrons. The third-order valence-corrected chi connectivity index (χ3v) is 3.90. The lowest BCUT2D eigenvalue weighted by molar-refractivity contribution is 0.203. The van der Waals surface area contributed by atoms with Crippen molar-refractivity contribution in [3.05, 3.63) is 35.4 Å². The van der Waals surface area contributed by atoms with Gasteiger partial charge in [-0.2, -0.15) is 11.8 Å². The molecule has 0 amide bonds. The molecule has 1 rings (SSSR count). The molecule has 102 valence electrons. The molecule has 0 spiro atoms. The monoisotopic (exact) mass is 274 g/mol. The number of hydrogen-bond acceptors (Lipinski definition) is 3. The first kappa shape index (κ1) is 15.4. The van der Waals surface area contributed by atoms with Gasteiger partial charge in [-0.05, 0) is 37.9 Å². The van der Waals surface area contributed by atoms with Crippen molar-refractivity contribution in [2.45, 2.75) is 19.0 Å². The highest BCUT2D eigenvalue weighted by Gasteiger charge is 2.21. The minimum atomic E-state index is -0.561. The fourth-order valence-electron chi connectivity index (χ4n) is 1.97. The van der Waals surface area contributed by atoms with Crippen molar-refractivity contribution in [2.24, 2.45) is 5.73 Å². The Morgan fingerprint density at radius 1 is 1.28 bits per heavy atom. The van der Waals surface area contributed by atoms with Crippen molar-refractivity contribution < 1.29 is 8.78 Å². The van der Waals surface area contributed by atoms with Crippen molar-refractivity contribution >= 4 is 11.8 Å². The smallest absolute Gasteiger partial charge is 0.126 e. The van der Waals surface area contributed by atoms with E-state index in [0.717, 1.165) is 11.8 Å². The lowest BCUT2D eigenvalue weighted by Gasteiger charge is -2.32. The maximum absolute atomic E-state index is 13.2. The zero-order valence-corrected chi connectivity index (χ0v) is 11.8. The molecule has 5 heteroatoms. The quantitative estimate of drug-likeness (QED) is 0.864. The summed E-state index contributed by atoms with van der Waals surface area (Å²) >= 11 is 1.74. The van der Waals surface area contributed by atoms with Crippen LogP contribution in [0.5, 0.6) is 0 Å². The Balaban J connectivity index is 2.94. The van der Waals surface area contributed by atoms with Gasteiger partial charge in [0.1, 0.15) is 11.6 Å². The molecule has 2 N–H and O–H groups in total. The third-order valence-electron chi connectivity index (χ3n) is 3.09. The molecule has 0 aliphatic rings. The molecule has 0 fully saturated rings. The first-order valence-electron chi connectivity index (χ1n) is 5.86. The number of benzene rings is 1. The summed E-state index contributed by atoms with van der Waals surface area (Å²) in [5, 5.41) is 0. The molecule has 2 unspecified atom stereocenters. The Morgan fingerprint density at radius 3 is 2.28 bits per heavy atom. The topological polar surface area (TPSA) is 29.3 Å². The van der Waals surface area contributed by atoms with Gasteiger partial charge < -0.3 is 5.73 Å². The zero-order valence-electron chi connectivity index (χ0n) is 11.0. The van der Waals surface area contributed by atoms with E-state index in [0.29, 0.717) is 18.2 Å². The Morgan fingerprint density at radius 2 is 1.83 bits per heavy atom. The van der Waals surface area contributed by atoms with Crippen LogP contribution in [-0.4, -0.2) is 36.5 Å². The largest absolute Gasteiger partial charge is 0.329 e. The molecule has 0 aliphatic heterocycles. The van der Waals surface area contributed by atoms with Crippen molar-refractivity contribution in [3.8, 4) is 0 Å². The molecule has 18 heavy (non-hydrogen) atoms. The maximum atomic E-state index is 13.2. The Hall–Kier alpha value is -0.650. The summed E-state index contributed by atoms with van der Waals surface area (Å²) in [7, 11) is 1.93. The minimum absolute atomic E-state index is 0.169. The van der Waals surface area contributed by atoms with Gasteiger partial charge in [-0.3, -0.25) is 4.90 Å². The number of nitrogens with zero attached hydrogens (tertiary/aromatic N) is 1. The number of nitrogens with two attached hydrogens (primary N) is 1. The van der Waals surface area contributed by atoms with Crippen molar-refractivity contribution in [3.63, 3.8) is 0 Å². The minimum Gasteiger partial charge on any atom is -0.329 e. The molecule has 2 nitrogen and oxygen atoms in total. The molecule has 1 aromatic rings. The number of halogens is 2. The average molecular weight is 274 g/mol. The normalized spacial score (nSPS) is 14.8. The van der Waals surface area contributed by atoms with Crippen LogP contribution in [0.3, 0.4) is 0 Å². The fraction of sp³-hybridized carbons (Fsp3) is 0.538. The number of rotatable bonds is 6. The van der Waals surface area contributed by atoms with Crippen LogP contribution < -0.4 is 5.73 Å². The van der Waals surface area contributed by atoms with E-state index in [9.17, 15) is 8.78 Å². The van der Waals surface area contributed by atoms with Gasteiger partial charge in [0.25, 0.3) is 0 Å². The molecule has 1 aromatic carbocycles. The van der Waals surface area contributed by atoms with Gasteiger partial charge in [0, 0.05) is 30.4 Å². The van der Waals surface area contributed by atoms with Gasteiger partial charge >= 0.3 is 0 Å². The third kappa shape index (κ3) is 3.93. The van der Waals surface area contributed by atoms with Gasteiger partial charge in [-0.25, -0.2) is 8.78 Å². The number of thioether (sulfide) groups is 1. The second-order valence-electron chi connectivity index (χ2n) is 4.42. The first-order valence-corrected chi connectivity index (χ1v) is 7.26. The van der Waals surface area contributed by atoms with E-state index in [-0.39, 0.29) is 6.04 Å². The standard InChI is InChI=1S/C13H20F2N2S/c1-9(8-18-3)17(2)13(7-16)10-4-11(14)6-12(15)5-10/h4-6,9,13H,7-8,16H2,1-3H3. The Labute approximate surface area is 112 Å². The molecule has 0 bridgehead atoms. The second kappa shape index (κ2) is 7.07. The molecular weight excluding hydrogens is 254 g/mol. The van der Waals surface area contributed by atoms with Crippen LogP contribution in [0.25, 0.3) is 0 Å². The summed E-state index contributed by atoms with van der Waals surface area (Å²) in [6.45, 7) is 2.41. The van der Waals surface area contributed by atoms with Crippen LogP contribution in [-0.2, 0) is 0 Å². The van der Waals surface area contributed by atoms with Crippen LogP contribution in [0.15, 0.2) is 18.2 Å². The van der Waals surface area contributed by atoms with Gasteiger partial charge in [0.05, 0.1) is 0 Å². The van der Waals surface area contributed by atoms with Gasteiger partial charge in [-0.15, -0.1) is 0 Å². The van der Waals surface area contributed by atoms with Crippen molar-refractivity contribution in [1.82, 2.24) is 4.90 Å². The number of hydrogen-bond donors (Lipinski definition) is 1. The molecule has 2 atom stereocenters. The Kier molecular flexibility index (Phi) is 6.05. The molecule has 0 saturated carbocycles. The summed E-state index contributed by atoms with van der Waals surface area (Å²) in [6, 6.07) is 3.70. The van der Waals surface area contributed by atoms with Gasteiger partial charge in [0.15, 0.2) is 0 Å². The highest BCUT2D eigenvalue weighted by molar-refractivity contribution is 7.98. The molecular formula is C13H20F2N2S. The van der Waals surface area contributed by atoms with Crippen molar-refractivity contribution in [2.75, 3.05) is 25.6 Å². The SMILES string of the molecule is CSCC(C)N(C)C(CN)c1cc(F)cc(F)c1. The van der Waals surface area contributed by atoms with E-state index >= 15 is 0 Å².